The zero-order valence-corrected chi connectivity index (χ0v) is 24.4. The van der Waals surface area contributed by atoms with Crippen molar-refractivity contribution in [3.05, 3.63) is 75.4 Å². The summed E-state index contributed by atoms with van der Waals surface area (Å²) in [6.45, 7) is 9.71. The molecule has 7 nitrogen and oxygen atoms in total. The van der Waals surface area contributed by atoms with Crippen LogP contribution < -0.4 is 5.73 Å². The number of anilines is 1. The topological polar surface area (TPSA) is 103 Å². The van der Waals surface area contributed by atoms with E-state index in [2.05, 4.69) is 31.8 Å². The molecule has 10 heteroatoms. The van der Waals surface area contributed by atoms with Crippen LogP contribution in [0.15, 0.2) is 42.0 Å². The Balaban J connectivity index is 1.50. The molecule has 1 atom stereocenters. The summed E-state index contributed by atoms with van der Waals surface area (Å²) >= 11 is 0.878. The molecule has 3 heterocycles. The fourth-order valence-corrected chi connectivity index (χ4v) is 6.53. The molecule has 0 radical (unpaired) electrons. The molecule has 0 saturated carbocycles. The third kappa shape index (κ3) is 5.54. The van der Waals surface area contributed by atoms with Gasteiger partial charge in [-0.15, -0.1) is 11.3 Å². The highest BCUT2D eigenvalue weighted by molar-refractivity contribution is 7.12. The number of nitrogen functional groups attached to an aromatic ring is 1. The number of fused-ring (bicyclic) bond motifs is 1. The molecule has 0 amide bonds. The van der Waals surface area contributed by atoms with E-state index in [0.29, 0.717) is 18.0 Å². The quantitative estimate of drug-likeness (QED) is 0.132. The van der Waals surface area contributed by atoms with Gasteiger partial charge >= 0.3 is 5.97 Å². The van der Waals surface area contributed by atoms with Gasteiger partial charge in [0.2, 0.25) is 0 Å². The van der Waals surface area contributed by atoms with Gasteiger partial charge in [0, 0.05) is 48.6 Å². The summed E-state index contributed by atoms with van der Waals surface area (Å²) in [4.78, 5) is 20.8. The Morgan fingerprint density at radius 2 is 2.03 bits per heavy atom. The van der Waals surface area contributed by atoms with Crippen LogP contribution in [0, 0.1) is 12.7 Å². The Kier molecular flexibility index (Phi) is 7.45. The number of aromatic nitrogens is 3. The van der Waals surface area contributed by atoms with E-state index in [-0.39, 0.29) is 23.1 Å². The standard InChI is InChI=1S/C29H33FN4O3SSi/c1-17-5-8-23(31)21(11-17)19-12-18-6-7-20(26(18)32-13-19)28-33-14-24(22-15-38-27(25(22)30)29(35)36)34(28)16-37-9-10-39(2,3)4/h5,8,11-15,20H,6-7,9-10,16,31H2,1-4H3,(H,35,36). The van der Waals surface area contributed by atoms with Crippen LogP contribution in [0.1, 0.15) is 44.7 Å². The Morgan fingerprint density at radius 1 is 1.23 bits per heavy atom. The molecule has 0 fully saturated rings. The van der Waals surface area contributed by atoms with Crippen LogP contribution in [0.3, 0.4) is 0 Å². The molecule has 5 rings (SSSR count). The Bertz CT molecular complexity index is 1540. The smallest absolute Gasteiger partial charge is 0.348 e. The molecule has 204 valence electrons. The summed E-state index contributed by atoms with van der Waals surface area (Å²) in [5.74, 6) is -1.36. The highest BCUT2D eigenvalue weighted by Crippen LogP contribution is 2.41. The Morgan fingerprint density at radius 3 is 2.74 bits per heavy atom. The SMILES string of the molecule is Cc1ccc(N)c(-c2cnc3c(c2)CCC3c2ncc(-c3csc(C(=O)O)c3F)n2COCC[Si](C)(C)C)c1. The number of carboxylic acid groups (broad SMARTS) is 1. The first kappa shape index (κ1) is 27.2. The fraction of sp³-hybridized carbons (Fsp3) is 0.345. The normalized spacial score (nSPS) is 15.1. The summed E-state index contributed by atoms with van der Waals surface area (Å²) in [7, 11) is -1.30. The van der Waals surface area contributed by atoms with E-state index in [1.165, 1.54) is 5.38 Å². The molecular formula is C29H33FN4O3SSi. The Hall–Kier alpha value is -3.34. The minimum atomic E-state index is -1.30. The van der Waals surface area contributed by atoms with E-state index in [9.17, 15) is 9.90 Å². The van der Waals surface area contributed by atoms with Crippen molar-refractivity contribution in [3.8, 4) is 22.4 Å². The van der Waals surface area contributed by atoms with Gasteiger partial charge in [0.05, 0.1) is 23.5 Å². The number of thiophene rings is 1. The molecule has 3 aromatic heterocycles. The van der Waals surface area contributed by atoms with Crippen LogP contribution in [0.2, 0.25) is 25.7 Å². The molecule has 1 aromatic carbocycles. The number of carbonyl (C=O) groups is 1. The molecular weight excluding hydrogens is 531 g/mol. The predicted molar refractivity (Wildman–Crippen MR) is 156 cm³/mol. The number of rotatable bonds is 9. The number of carboxylic acids is 1. The van der Waals surface area contributed by atoms with Crippen LogP contribution in [-0.4, -0.2) is 40.3 Å². The minimum absolute atomic E-state index is 0.0844. The predicted octanol–water partition coefficient (Wildman–Crippen LogP) is 6.79. The molecule has 0 saturated heterocycles. The van der Waals surface area contributed by atoms with Gasteiger partial charge in [0.1, 0.15) is 17.4 Å². The van der Waals surface area contributed by atoms with Crippen LogP contribution in [0.5, 0.6) is 0 Å². The van der Waals surface area contributed by atoms with Gasteiger partial charge < -0.3 is 20.1 Å². The first-order chi connectivity index (χ1) is 18.5. The average molecular weight is 565 g/mol. The van der Waals surface area contributed by atoms with Gasteiger partial charge in [0.15, 0.2) is 5.82 Å². The highest BCUT2D eigenvalue weighted by Gasteiger charge is 2.32. The van der Waals surface area contributed by atoms with Gasteiger partial charge in [-0.05, 0) is 49.6 Å². The largest absolute Gasteiger partial charge is 0.477 e. The van der Waals surface area contributed by atoms with E-state index in [0.717, 1.165) is 64.0 Å². The third-order valence-electron chi connectivity index (χ3n) is 7.17. The second kappa shape index (κ2) is 10.7. The molecule has 0 spiro atoms. The van der Waals surface area contributed by atoms with Crippen molar-refractivity contribution in [2.45, 2.75) is 58.1 Å². The van der Waals surface area contributed by atoms with Crippen LogP contribution in [0.25, 0.3) is 22.4 Å². The van der Waals surface area contributed by atoms with Crippen molar-refractivity contribution in [3.63, 3.8) is 0 Å². The number of aromatic carboxylic acids is 1. The van der Waals surface area contributed by atoms with Gasteiger partial charge in [-0.3, -0.25) is 4.98 Å². The maximum Gasteiger partial charge on any atom is 0.348 e. The van der Waals surface area contributed by atoms with E-state index in [4.69, 9.17) is 20.4 Å². The molecule has 1 aliphatic carbocycles. The number of nitrogens with zero attached hydrogens (tertiary/aromatic N) is 3. The molecule has 1 unspecified atom stereocenters. The first-order valence-corrected chi connectivity index (χ1v) is 17.6. The second-order valence-corrected chi connectivity index (χ2v) is 17.8. The molecule has 0 bridgehead atoms. The summed E-state index contributed by atoms with van der Waals surface area (Å²) in [5.41, 5.74) is 12.9. The monoisotopic (exact) mass is 564 g/mol. The number of hydrogen-bond donors (Lipinski definition) is 2. The maximum absolute atomic E-state index is 15.1. The molecule has 4 aromatic rings. The van der Waals surface area contributed by atoms with E-state index >= 15 is 4.39 Å². The third-order valence-corrected chi connectivity index (χ3v) is 9.82. The molecule has 0 aliphatic heterocycles. The lowest BCUT2D eigenvalue weighted by molar-refractivity contribution is 0.0698. The van der Waals surface area contributed by atoms with Crippen molar-refractivity contribution in [1.82, 2.24) is 14.5 Å². The van der Waals surface area contributed by atoms with Gasteiger partial charge in [-0.25, -0.2) is 14.2 Å². The zero-order chi connectivity index (χ0) is 27.9. The summed E-state index contributed by atoms with van der Waals surface area (Å²) in [6, 6.07) is 9.14. The minimum Gasteiger partial charge on any atom is -0.477 e. The number of hydrogen-bond acceptors (Lipinski definition) is 6. The average Bonchev–Trinajstić information content (AvgIpc) is 3.58. The number of ether oxygens (including phenoxy) is 1. The van der Waals surface area contributed by atoms with Crippen molar-refractivity contribution in [2.75, 3.05) is 12.3 Å². The van der Waals surface area contributed by atoms with Crippen molar-refractivity contribution < 1.29 is 19.0 Å². The second-order valence-electron chi connectivity index (χ2n) is 11.3. The number of nitrogens with two attached hydrogens (primary N) is 1. The summed E-state index contributed by atoms with van der Waals surface area (Å²) in [5, 5.41) is 10.9. The molecule has 39 heavy (non-hydrogen) atoms. The first-order valence-electron chi connectivity index (χ1n) is 13.0. The van der Waals surface area contributed by atoms with Crippen molar-refractivity contribution in [1.29, 1.82) is 0 Å². The number of aryl methyl sites for hydroxylation is 2. The molecule has 3 N–H and O–H groups in total. The molecule has 1 aliphatic rings. The summed E-state index contributed by atoms with van der Waals surface area (Å²) < 4.78 is 23.1. The fourth-order valence-electron chi connectivity index (χ4n) is 5.00. The highest BCUT2D eigenvalue weighted by atomic mass is 32.1. The lowest BCUT2D eigenvalue weighted by Crippen LogP contribution is -2.22. The van der Waals surface area contributed by atoms with Crippen LogP contribution >= 0.6 is 11.3 Å². The summed E-state index contributed by atoms with van der Waals surface area (Å²) in [6.07, 6.45) is 5.13. The van der Waals surface area contributed by atoms with E-state index < -0.39 is 19.9 Å². The van der Waals surface area contributed by atoms with Gasteiger partial charge in [-0.1, -0.05) is 31.3 Å². The lowest BCUT2D eigenvalue weighted by Gasteiger charge is -2.19. The van der Waals surface area contributed by atoms with Gasteiger partial charge in [-0.2, -0.15) is 0 Å². The van der Waals surface area contributed by atoms with Crippen LogP contribution in [-0.2, 0) is 17.9 Å². The van der Waals surface area contributed by atoms with E-state index in [1.807, 2.05) is 29.8 Å². The van der Waals surface area contributed by atoms with Crippen molar-refractivity contribution >= 4 is 31.1 Å². The van der Waals surface area contributed by atoms with Crippen LogP contribution in [0.4, 0.5) is 10.1 Å². The van der Waals surface area contributed by atoms with E-state index in [1.54, 1.807) is 6.20 Å². The number of halogens is 1. The number of pyridine rings is 1. The lowest BCUT2D eigenvalue weighted by atomic mass is 10.0. The van der Waals surface area contributed by atoms with Crippen molar-refractivity contribution in [2.24, 2.45) is 0 Å². The number of imidazole rings is 1. The number of benzene rings is 1. The zero-order valence-electron chi connectivity index (χ0n) is 22.6. The van der Waals surface area contributed by atoms with Gasteiger partial charge in [0.25, 0.3) is 0 Å². The maximum atomic E-state index is 15.1. The Labute approximate surface area is 232 Å².